The molecule has 1 amide bonds. The third-order valence-electron chi connectivity index (χ3n) is 7.79. The van der Waals surface area contributed by atoms with Crippen LogP contribution in [0.3, 0.4) is 0 Å². The SMILES string of the molecule is C=CCNc1nc2c(s1)CC1C(C)(CO)C(O)CCC1(C)C2CC(=O)N(CC)CC. The number of hydrogen-bond acceptors (Lipinski definition) is 6. The smallest absolute Gasteiger partial charge is 0.223 e. The molecule has 2 aliphatic rings. The van der Waals surface area contributed by atoms with Gasteiger partial charge in [-0.3, -0.25) is 4.79 Å². The van der Waals surface area contributed by atoms with Crippen LogP contribution in [0.5, 0.6) is 0 Å². The maximum Gasteiger partial charge on any atom is 0.223 e. The summed E-state index contributed by atoms with van der Waals surface area (Å²) in [5, 5.41) is 25.3. The zero-order chi connectivity index (χ0) is 22.1. The van der Waals surface area contributed by atoms with E-state index < -0.39 is 11.5 Å². The predicted molar refractivity (Wildman–Crippen MR) is 122 cm³/mol. The zero-order valence-electron chi connectivity index (χ0n) is 18.8. The molecule has 1 aromatic heterocycles. The summed E-state index contributed by atoms with van der Waals surface area (Å²) < 4.78 is 0. The Morgan fingerprint density at radius 1 is 1.40 bits per heavy atom. The first-order valence-corrected chi connectivity index (χ1v) is 12.0. The van der Waals surface area contributed by atoms with Crippen molar-refractivity contribution in [1.82, 2.24) is 9.88 Å². The number of fused-ring (bicyclic) bond motifs is 2. The van der Waals surface area contributed by atoms with E-state index in [1.165, 1.54) is 4.88 Å². The highest BCUT2D eigenvalue weighted by molar-refractivity contribution is 7.15. The number of carbonyl (C=O) groups is 1. The number of carbonyl (C=O) groups excluding carboxylic acids is 1. The third kappa shape index (κ3) is 3.80. The molecule has 30 heavy (non-hydrogen) atoms. The lowest BCUT2D eigenvalue weighted by Crippen LogP contribution is -2.57. The Morgan fingerprint density at radius 3 is 2.70 bits per heavy atom. The molecule has 1 fully saturated rings. The van der Waals surface area contributed by atoms with Gasteiger partial charge in [0.25, 0.3) is 0 Å². The van der Waals surface area contributed by atoms with Gasteiger partial charge in [-0.05, 0) is 44.4 Å². The Labute approximate surface area is 184 Å². The molecule has 0 aliphatic heterocycles. The van der Waals surface area contributed by atoms with E-state index in [2.05, 4.69) is 18.8 Å². The molecular formula is C23H37N3O3S. The largest absolute Gasteiger partial charge is 0.396 e. The predicted octanol–water partition coefficient (Wildman–Crippen LogP) is 3.42. The fourth-order valence-corrected chi connectivity index (χ4v) is 6.84. The summed E-state index contributed by atoms with van der Waals surface area (Å²) in [5.41, 5.74) is 0.249. The van der Waals surface area contributed by atoms with Crippen molar-refractivity contribution < 1.29 is 15.0 Å². The monoisotopic (exact) mass is 435 g/mol. The van der Waals surface area contributed by atoms with Gasteiger partial charge in [0.15, 0.2) is 5.13 Å². The van der Waals surface area contributed by atoms with Crippen LogP contribution in [0.2, 0.25) is 0 Å². The molecule has 7 heteroatoms. The van der Waals surface area contributed by atoms with Crippen LogP contribution in [0, 0.1) is 16.7 Å². The number of aliphatic hydroxyl groups excluding tert-OH is 2. The summed E-state index contributed by atoms with van der Waals surface area (Å²) in [6, 6.07) is 0. The molecular weight excluding hydrogens is 398 g/mol. The average Bonchev–Trinajstić information content (AvgIpc) is 3.14. The maximum atomic E-state index is 13.1. The van der Waals surface area contributed by atoms with Crippen LogP contribution < -0.4 is 5.32 Å². The van der Waals surface area contributed by atoms with Crippen LogP contribution in [0.1, 0.15) is 63.4 Å². The molecule has 0 saturated heterocycles. The van der Waals surface area contributed by atoms with E-state index in [0.29, 0.717) is 32.5 Å². The minimum absolute atomic E-state index is 0.0201. The second-order valence-corrected chi connectivity index (χ2v) is 10.4. The van der Waals surface area contributed by atoms with Crippen LogP contribution in [-0.4, -0.2) is 58.3 Å². The summed E-state index contributed by atoms with van der Waals surface area (Å²) in [7, 11) is 0. The van der Waals surface area contributed by atoms with Gasteiger partial charge in [-0.2, -0.15) is 0 Å². The van der Waals surface area contributed by atoms with Crippen molar-refractivity contribution in [1.29, 1.82) is 0 Å². The molecule has 3 rings (SSSR count). The molecule has 0 bridgehead atoms. The van der Waals surface area contributed by atoms with Gasteiger partial charge in [-0.25, -0.2) is 4.98 Å². The second kappa shape index (κ2) is 8.97. The van der Waals surface area contributed by atoms with Gasteiger partial charge in [-0.1, -0.05) is 19.9 Å². The lowest BCUT2D eigenvalue weighted by Gasteiger charge is -2.58. The van der Waals surface area contributed by atoms with Crippen LogP contribution in [0.4, 0.5) is 5.13 Å². The highest BCUT2D eigenvalue weighted by atomic mass is 32.1. The molecule has 2 aliphatic carbocycles. The highest BCUT2D eigenvalue weighted by Crippen LogP contribution is 2.62. The summed E-state index contributed by atoms with van der Waals surface area (Å²) >= 11 is 1.63. The summed E-state index contributed by atoms with van der Waals surface area (Å²) in [6.07, 6.45) is 3.94. The van der Waals surface area contributed by atoms with Crippen molar-refractivity contribution in [3.8, 4) is 0 Å². The Balaban J connectivity index is 2.06. The van der Waals surface area contributed by atoms with Crippen LogP contribution in [-0.2, 0) is 11.2 Å². The topological polar surface area (TPSA) is 85.7 Å². The van der Waals surface area contributed by atoms with Gasteiger partial charge < -0.3 is 20.4 Å². The van der Waals surface area contributed by atoms with Crippen molar-refractivity contribution in [3.05, 3.63) is 23.2 Å². The van der Waals surface area contributed by atoms with Gasteiger partial charge >= 0.3 is 0 Å². The Bertz CT molecular complexity index is 778. The van der Waals surface area contributed by atoms with Crippen molar-refractivity contribution in [3.63, 3.8) is 0 Å². The van der Waals surface area contributed by atoms with Gasteiger partial charge in [0.1, 0.15) is 0 Å². The maximum absolute atomic E-state index is 13.1. The Kier molecular flexibility index (Phi) is 6.94. The van der Waals surface area contributed by atoms with E-state index in [0.717, 1.165) is 23.7 Å². The number of rotatable bonds is 8. The molecule has 1 aromatic rings. The van der Waals surface area contributed by atoms with Gasteiger partial charge in [0, 0.05) is 42.3 Å². The number of anilines is 1. The lowest BCUT2D eigenvalue weighted by atomic mass is 9.47. The molecule has 0 radical (unpaired) electrons. The van der Waals surface area contributed by atoms with Gasteiger partial charge in [-0.15, -0.1) is 17.9 Å². The fraction of sp³-hybridized carbons (Fsp3) is 0.739. The molecule has 6 nitrogen and oxygen atoms in total. The first kappa shape index (κ1) is 23.2. The summed E-state index contributed by atoms with van der Waals surface area (Å²) in [6.45, 7) is 14.0. The van der Waals surface area contributed by atoms with Crippen LogP contribution in [0.15, 0.2) is 12.7 Å². The van der Waals surface area contributed by atoms with Gasteiger partial charge in [0.2, 0.25) is 5.91 Å². The Morgan fingerprint density at radius 2 is 2.10 bits per heavy atom. The fourth-order valence-electron chi connectivity index (χ4n) is 5.76. The molecule has 5 atom stereocenters. The molecule has 1 heterocycles. The standard InChI is InChI=1S/C23H37N3O3S/c1-6-11-24-21-25-20-15(12-19(29)26(7-2)8-3)22(4)10-9-18(28)23(5,14-27)17(22)13-16(20)30-21/h6,15,17-18,27-28H,1,7-14H2,2-5H3,(H,24,25). The number of aromatic nitrogens is 1. The molecule has 168 valence electrons. The molecule has 1 saturated carbocycles. The molecule has 0 spiro atoms. The van der Waals surface area contributed by atoms with Crippen molar-refractivity contribution in [2.75, 3.05) is 31.6 Å². The number of aliphatic hydroxyl groups is 2. The summed E-state index contributed by atoms with van der Waals surface area (Å²) in [4.78, 5) is 21.1. The highest BCUT2D eigenvalue weighted by Gasteiger charge is 2.59. The third-order valence-corrected chi connectivity index (χ3v) is 8.84. The van der Waals surface area contributed by atoms with Gasteiger partial charge in [0.05, 0.1) is 18.4 Å². The van der Waals surface area contributed by atoms with Crippen LogP contribution >= 0.6 is 11.3 Å². The number of nitrogens with zero attached hydrogens (tertiary/aromatic N) is 2. The Hall–Kier alpha value is -1.44. The molecule has 5 unspecified atom stereocenters. The summed E-state index contributed by atoms with van der Waals surface area (Å²) in [5.74, 6) is 0.227. The normalized spacial score (nSPS) is 32.8. The van der Waals surface area contributed by atoms with E-state index in [1.807, 2.05) is 31.7 Å². The molecule has 0 aromatic carbocycles. The van der Waals surface area contributed by atoms with E-state index in [4.69, 9.17) is 4.98 Å². The average molecular weight is 436 g/mol. The zero-order valence-corrected chi connectivity index (χ0v) is 19.6. The van der Waals surface area contributed by atoms with Crippen LogP contribution in [0.25, 0.3) is 0 Å². The number of hydrogen-bond donors (Lipinski definition) is 3. The van der Waals surface area contributed by atoms with Crippen molar-refractivity contribution in [2.24, 2.45) is 16.7 Å². The van der Waals surface area contributed by atoms with E-state index >= 15 is 0 Å². The van der Waals surface area contributed by atoms with Crippen molar-refractivity contribution >= 4 is 22.4 Å². The molecule has 3 N–H and O–H groups in total. The number of nitrogens with one attached hydrogen (secondary N) is 1. The number of amides is 1. The van der Waals surface area contributed by atoms with E-state index in [9.17, 15) is 15.0 Å². The van der Waals surface area contributed by atoms with E-state index in [1.54, 1.807) is 11.3 Å². The first-order chi connectivity index (χ1) is 14.2. The van der Waals surface area contributed by atoms with E-state index in [-0.39, 0.29) is 29.8 Å². The lowest BCUT2D eigenvalue weighted by molar-refractivity contribution is -0.147. The quantitative estimate of drug-likeness (QED) is 0.545. The second-order valence-electron chi connectivity index (χ2n) is 9.30. The minimum Gasteiger partial charge on any atom is -0.396 e. The first-order valence-electron chi connectivity index (χ1n) is 11.2. The minimum atomic E-state index is -0.583. The van der Waals surface area contributed by atoms with Crippen molar-refractivity contribution in [2.45, 2.75) is 65.4 Å². The number of thiazole rings is 1.